The summed E-state index contributed by atoms with van der Waals surface area (Å²) in [6.07, 6.45) is 0. The van der Waals surface area contributed by atoms with E-state index in [1.807, 2.05) is 0 Å². The molecule has 0 fully saturated rings. The standard InChI is InChI=1S/C77H53N5/c1-8-26-56(27-9-1)76(57-28-10-2-11-29-57,58-30-12-3-13-31-58)62-48-44-54(45-49-62)73-78-74(55-46-50-63(51-47-55)77(59-32-14-4-15-33-59,60-34-16-5-17-35-60)61-36-18-6-19-37-61)80-75(79-73)82-68-42-24-22-40-65(68)66-52-53-70-71(72(66)82)67-41-23-25-43-69(67)81(70)64-38-20-7-21-39-64/h1-53H. The molecule has 3 heterocycles. The lowest BCUT2D eigenvalue weighted by atomic mass is 9.65. The summed E-state index contributed by atoms with van der Waals surface area (Å²) in [5.41, 5.74) is 15.2. The van der Waals surface area contributed by atoms with Crippen LogP contribution in [-0.4, -0.2) is 24.1 Å². The first-order valence-corrected chi connectivity index (χ1v) is 28.0. The van der Waals surface area contributed by atoms with Crippen molar-refractivity contribution in [2.24, 2.45) is 0 Å². The van der Waals surface area contributed by atoms with Crippen molar-refractivity contribution in [1.29, 1.82) is 0 Å². The van der Waals surface area contributed by atoms with Gasteiger partial charge in [0.15, 0.2) is 11.6 Å². The molecule has 0 aliphatic carbocycles. The Morgan fingerprint density at radius 2 is 0.561 bits per heavy atom. The number of fused-ring (bicyclic) bond motifs is 7. The second kappa shape index (κ2) is 20.2. The lowest BCUT2D eigenvalue weighted by Gasteiger charge is -2.37. The zero-order valence-corrected chi connectivity index (χ0v) is 44.8. The molecule has 5 heteroatoms. The summed E-state index contributed by atoms with van der Waals surface area (Å²) in [6, 6.07) is 115. The molecule has 3 aromatic heterocycles. The molecule has 0 radical (unpaired) electrons. The van der Waals surface area contributed by atoms with E-state index >= 15 is 0 Å². The number of rotatable bonds is 12. The molecular weight excluding hydrogens is 995 g/mol. The van der Waals surface area contributed by atoms with E-state index in [4.69, 9.17) is 15.0 Å². The second-order valence-electron chi connectivity index (χ2n) is 21.0. The molecule has 386 valence electrons. The average Bonchev–Trinajstić information content (AvgIpc) is 3.41. The molecule has 0 bridgehead atoms. The van der Waals surface area contributed by atoms with E-state index in [1.54, 1.807) is 0 Å². The minimum Gasteiger partial charge on any atom is -0.309 e. The lowest BCUT2D eigenvalue weighted by Crippen LogP contribution is -2.30. The summed E-state index contributed by atoms with van der Waals surface area (Å²) < 4.78 is 4.66. The third kappa shape index (κ3) is 7.73. The van der Waals surface area contributed by atoms with Crippen molar-refractivity contribution in [3.8, 4) is 34.4 Å². The molecule has 15 aromatic rings. The van der Waals surface area contributed by atoms with Gasteiger partial charge in [0.05, 0.1) is 32.9 Å². The molecule has 0 N–H and O–H groups in total. The third-order valence-corrected chi connectivity index (χ3v) is 16.7. The molecule has 82 heavy (non-hydrogen) atoms. The van der Waals surface area contributed by atoms with Crippen molar-refractivity contribution in [2.75, 3.05) is 0 Å². The molecular formula is C77H53N5. The Morgan fingerprint density at radius 1 is 0.232 bits per heavy atom. The van der Waals surface area contributed by atoms with Crippen LogP contribution < -0.4 is 0 Å². The van der Waals surface area contributed by atoms with E-state index in [0.717, 1.165) is 71.6 Å². The highest BCUT2D eigenvalue weighted by Gasteiger charge is 2.40. The van der Waals surface area contributed by atoms with Crippen LogP contribution in [0, 0.1) is 0 Å². The highest BCUT2D eigenvalue weighted by molar-refractivity contribution is 6.26. The van der Waals surface area contributed by atoms with Crippen LogP contribution in [0.15, 0.2) is 322 Å². The molecule has 15 rings (SSSR count). The van der Waals surface area contributed by atoms with Gasteiger partial charge in [0.2, 0.25) is 5.95 Å². The van der Waals surface area contributed by atoms with Crippen LogP contribution >= 0.6 is 0 Å². The van der Waals surface area contributed by atoms with E-state index in [9.17, 15) is 0 Å². The topological polar surface area (TPSA) is 48.5 Å². The van der Waals surface area contributed by atoms with E-state index in [-0.39, 0.29) is 0 Å². The molecule has 0 unspecified atom stereocenters. The molecule has 0 saturated carbocycles. The predicted octanol–water partition coefficient (Wildman–Crippen LogP) is 18.2. The molecule has 12 aromatic carbocycles. The number of hydrogen-bond donors (Lipinski definition) is 0. The van der Waals surface area contributed by atoms with Crippen LogP contribution in [0.4, 0.5) is 0 Å². The Balaban J connectivity index is 0.980. The average molecular weight is 1050 g/mol. The Labute approximate surface area is 476 Å². The quantitative estimate of drug-likeness (QED) is 0.115. The summed E-state index contributed by atoms with van der Waals surface area (Å²) in [7, 11) is 0. The van der Waals surface area contributed by atoms with Gasteiger partial charge in [-0.15, -0.1) is 0 Å². The predicted molar refractivity (Wildman–Crippen MR) is 336 cm³/mol. The van der Waals surface area contributed by atoms with Gasteiger partial charge in [-0.25, -0.2) is 4.98 Å². The first-order valence-electron chi connectivity index (χ1n) is 28.0. The van der Waals surface area contributed by atoms with E-state index in [2.05, 4.69) is 331 Å². The third-order valence-electron chi connectivity index (χ3n) is 16.7. The summed E-state index contributed by atoms with van der Waals surface area (Å²) in [5, 5.41) is 4.51. The summed E-state index contributed by atoms with van der Waals surface area (Å²) in [5.74, 6) is 1.66. The fourth-order valence-corrected chi connectivity index (χ4v) is 13.2. The van der Waals surface area contributed by atoms with Crippen molar-refractivity contribution in [3.05, 3.63) is 366 Å². The van der Waals surface area contributed by atoms with Crippen LogP contribution in [0.2, 0.25) is 0 Å². The second-order valence-corrected chi connectivity index (χ2v) is 21.0. The molecule has 0 atom stereocenters. The molecule has 0 saturated heterocycles. The number of aromatic nitrogens is 5. The first kappa shape index (κ1) is 48.4. The van der Waals surface area contributed by atoms with Gasteiger partial charge in [0.1, 0.15) is 0 Å². The van der Waals surface area contributed by atoms with Gasteiger partial charge in [0, 0.05) is 38.4 Å². The molecule has 0 spiro atoms. The Bertz CT molecular complexity index is 4350. The summed E-state index contributed by atoms with van der Waals surface area (Å²) in [4.78, 5) is 16.7. The zero-order valence-electron chi connectivity index (χ0n) is 44.8. The smallest absolute Gasteiger partial charge is 0.238 e. The van der Waals surface area contributed by atoms with Gasteiger partial charge in [-0.2, -0.15) is 9.97 Å². The number of para-hydroxylation sites is 3. The van der Waals surface area contributed by atoms with E-state index < -0.39 is 10.8 Å². The molecule has 0 aliphatic rings. The summed E-state index contributed by atoms with van der Waals surface area (Å²) >= 11 is 0. The van der Waals surface area contributed by atoms with Gasteiger partial charge in [-0.1, -0.05) is 291 Å². The molecule has 5 nitrogen and oxygen atoms in total. The van der Waals surface area contributed by atoms with Gasteiger partial charge in [-0.05, 0) is 74.8 Å². The van der Waals surface area contributed by atoms with E-state index in [0.29, 0.717) is 17.6 Å². The maximum Gasteiger partial charge on any atom is 0.238 e. The Hall–Kier alpha value is -10.8. The van der Waals surface area contributed by atoms with Crippen LogP contribution in [-0.2, 0) is 10.8 Å². The highest BCUT2D eigenvalue weighted by atomic mass is 15.2. The minimum absolute atomic E-state index is 0.530. The first-order chi connectivity index (χ1) is 40.7. The fraction of sp³-hybridized carbons (Fsp3) is 0.0260. The highest BCUT2D eigenvalue weighted by Crippen LogP contribution is 2.48. The monoisotopic (exact) mass is 1050 g/mol. The van der Waals surface area contributed by atoms with Crippen molar-refractivity contribution in [3.63, 3.8) is 0 Å². The molecule has 0 amide bonds. The van der Waals surface area contributed by atoms with Crippen LogP contribution in [0.5, 0.6) is 0 Å². The SMILES string of the molecule is c1ccc(-n2c3ccccc3c3c2ccc2c4ccccc4n(-c4nc(-c5ccc(C(c6ccccc6)(c6ccccc6)c6ccccc6)cc5)nc(-c5ccc(C(c6ccccc6)(c6ccccc6)c6ccccc6)cc5)n4)c23)cc1. The normalized spacial score (nSPS) is 11.9. The molecule has 0 aliphatic heterocycles. The fourth-order valence-electron chi connectivity index (χ4n) is 13.2. The van der Waals surface area contributed by atoms with Crippen molar-refractivity contribution in [1.82, 2.24) is 24.1 Å². The maximum atomic E-state index is 5.60. The number of hydrogen-bond acceptors (Lipinski definition) is 3. The zero-order chi connectivity index (χ0) is 54.5. The van der Waals surface area contributed by atoms with Crippen molar-refractivity contribution < 1.29 is 0 Å². The van der Waals surface area contributed by atoms with Gasteiger partial charge >= 0.3 is 0 Å². The van der Waals surface area contributed by atoms with Gasteiger partial charge in [-0.3, -0.25) is 4.57 Å². The Morgan fingerprint density at radius 3 is 0.963 bits per heavy atom. The lowest BCUT2D eigenvalue weighted by molar-refractivity contribution is 0.745. The van der Waals surface area contributed by atoms with Crippen LogP contribution in [0.3, 0.4) is 0 Å². The van der Waals surface area contributed by atoms with E-state index in [1.165, 1.54) is 33.4 Å². The number of benzene rings is 12. The largest absolute Gasteiger partial charge is 0.309 e. The maximum absolute atomic E-state index is 5.60. The van der Waals surface area contributed by atoms with Gasteiger partial charge < -0.3 is 4.57 Å². The van der Waals surface area contributed by atoms with Crippen LogP contribution in [0.1, 0.15) is 44.5 Å². The van der Waals surface area contributed by atoms with Crippen molar-refractivity contribution >= 4 is 43.6 Å². The van der Waals surface area contributed by atoms with Crippen molar-refractivity contribution in [2.45, 2.75) is 10.8 Å². The van der Waals surface area contributed by atoms with Crippen LogP contribution in [0.25, 0.3) is 78.0 Å². The van der Waals surface area contributed by atoms with Gasteiger partial charge in [0.25, 0.3) is 0 Å². The summed E-state index contributed by atoms with van der Waals surface area (Å²) in [6.45, 7) is 0. The number of nitrogens with zero attached hydrogens (tertiary/aromatic N) is 5. The Kier molecular flexibility index (Phi) is 11.9. The minimum atomic E-state index is -0.624.